The predicted octanol–water partition coefficient (Wildman–Crippen LogP) is 4.56. The zero-order valence-corrected chi connectivity index (χ0v) is 9.71. The third-order valence-electron chi connectivity index (χ3n) is 2.48. The Bertz CT molecular complexity index is 259. The summed E-state index contributed by atoms with van der Waals surface area (Å²) in [7, 11) is 0. The molecule has 0 heterocycles. The van der Waals surface area contributed by atoms with Crippen molar-refractivity contribution in [3.63, 3.8) is 0 Å². The molecular formula is C15H21. The van der Waals surface area contributed by atoms with Gasteiger partial charge in [0.05, 0.1) is 0 Å². The molecule has 15 heavy (non-hydrogen) atoms. The maximum atomic E-state index is 3.26. The first kappa shape index (κ1) is 12.0. The van der Waals surface area contributed by atoms with Crippen LogP contribution >= 0.6 is 0 Å². The molecule has 81 valence electrons. The minimum absolute atomic E-state index is 1.15. The smallest absolute Gasteiger partial charge is 0.0149 e. The zero-order chi connectivity index (χ0) is 10.8. The van der Waals surface area contributed by atoms with Crippen LogP contribution in [0.5, 0.6) is 0 Å². The lowest BCUT2D eigenvalue weighted by Crippen LogP contribution is -1.83. The first-order chi connectivity index (χ1) is 7.43. The summed E-state index contributed by atoms with van der Waals surface area (Å²) < 4.78 is 0. The normalized spacial score (nSPS) is 11.0. The molecule has 0 amide bonds. The van der Waals surface area contributed by atoms with Gasteiger partial charge in [-0.25, -0.2) is 0 Å². The van der Waals surface area contributed by atoms with Gasteiger partial charge in [-0.2, -0.15) is 0 Å². The van der Waals surface area contributed by atoms with Crippen LogP contribution in [0.25, 0.3) is 0 Å². The van der Waals surface area contributed by atoms with Gasteiger partial charge in [-0.15, -0.1) is 0 Å². The van der Waals surface area contributed by atoms with E-state index < -0.39 is 0 Å². The van der Waals surface area contributed by atoms with Crippen molar-refractivity contribution < 1.29 is 0 Å². The quantitative estimate of drug-likeness (QED) is 0.448. The van der Waals surface area contributed by atoms with Crippen molar-refractivity contribution >= 4 is 0 Å². The largest absolute Gasteiger partial charge is 0.0885 e. The van der Waals surface area contributed by atoms with E-state index in [0.29, 0.717) is 0 Å². The molecule has 0 aliphatic rings. The summed E-state index contributed by atoms with van der Waals surface area (Å²) in [6.07, 6.45) is 12.1. The second kappa shape index (κ2) is 8.28. The van der Waals surface area contributed by atoms with Gasteiger partial charge in [0, 0.05) is 0 Å². The molecule has 0 heteroatoms. The Hall–Kier alpha value is -1.04. The third kappa shape index (κ3) is 6.11. The fourth-order valence-corrected chi connectivity index (χ4v) is 1.55. The molecule has 0 spiro atoms. The van der Waals surface area contributed by atoms with Gasteiger partial charge in [-0.3, -0.25) is 0 Å². The SMILES string of the molecule is CCCCC=CCCCc1[c]cccc1. The molecular weight excluding hydrogens is 180 g/mol. The van der Waals surface area contributed by atoms with Gasteiger partial charge in [0.2, 0.25) is 0 Å². The highest BCUT2D eigenvalue weighted by molar-refractivity contribution is 5.12. The van der Waals surface area contributed by atoms with Crippen LogP contribution in [0.2, 0.25) is 0 Å². The predicted molar refractivity (Wildman–Crippen MR) is 66.9 cm³/mol. The van der Waals surface area contributed by atoms with Gasteiger partial charge in [0.15, 0.2) is 0 Å². The molecule has 0 unspecified atom stereocenters. The minimum atomic E-state index is 1.15. The van der Waals surface area contributed by atoms with Gasteiger partial charge >= 0.3 is 0 Å². The summed E-state index contributed by atoms with van der Waals surface area (Å²) in [4.78, 5) is 0. The first-order valence-corrected chi connectivity index (χ1v) is 6.04. The van der Waals surface area contributed by atoms with Crippen molar-refractivity contribution in [3.8, 4) is 0 Å². The lowest BCUT2D eigenvalue weighted by Gasteiger charge is -1.97. The summed E-state index contributed by atoms with van der Waals surface area (Å²) in [6, 6.07) is 11.5. The van der Waals surface area contributed by atoms with Crippen molar-refractivity contribution in [1.82, 2.24) is 0 Å². The van der Waals surface area contributed by atoms with Crippen LogP contribution in [0, 0.1) is 6.07 Å². The van der Waals surface area contributed by atoms with Gasteiger partial charge < -0.3 is 0 Å². The molecule has 0 atom stereocenters. The number of allylic oxidation sites excluding steroid dienone is 2. The van der Waals surface area contributed by atoms with Gasteiger partial charge in [-0.05, 0) is 37.3 Å². The molecule has 1 aromatic rings. The minimum Gasteiger partial charge on any atom is -0.0885 e. The van der Waals surface area contributed by atoms with Crippen molar-refractivity contribution in [3.05, 3.63) is 48.0 Å². The van der Waals surface area contributed by atoms with E-state index in [9.17, 15) is 0 Å². The van der Waals surface area contributed by atoms with Crippen LogP contribution < -0.4 is 0 Å². The fourth-order valence-electron chi connectivity index (χ4n) is 1.55. The summed E-state index contributed by atoms with van der Waals surface area (Å²) in [5.74, 6) is 0. The van der Waals surface area contributed by atoms with E-state index in [0.717, 1.165) is 6.42 Å². The first-order valence-electron chi connectivity index (χ1n) is 6.04. The summed E-state index contributed by atoms with van der Waals surface area (Å²) in [5, 5.41) is 0. The Balaban J connectivity index is 2.04. The van der Waals surface area contributed by atoms with Gasteiger partial charge in [-0.1, -0.05) is 56.2 Å². The van der Waals surface area contributed by atoms with Crippen molar-refractivity contribution in [1.29, 1.82) is 0 Å². The van der Waals surface area contributed by atoms with E-state index in [2.05, 4.69) is 37.3 Å². The average Bonchev–Trinajstić information content (AvgIpc) is 2.29. The highest BCUT2D eigenvalue weighted by Gasteiger charge is 1.89. The van der Waals surface area contributed by atoms with Crippen LogP contribution in [0.15, 0.2) is 36.4 Å². The molecule has 0 saturated heterocycles. The number of benzene rings is 1. The Kier molecular flexibility index (Phi) is 6.64. The molecule has 0 bridgehead atoms. The third-order valence-corrected chi connectivity index (χ3v) is 2.48. The van der Waals surface area contributed by atoms with Crippen LogP contribution in [-0.2, 0) is 6.42 Å². The molecule has 0 aromatic heterocycles. The molecule has 1 aromatic carbocycles. The molecule has 0 fully saturated rings. The fraction of sp³-hybridized carbons (Fsp3) is 0.467. The summed E-state index contributed by atoms with van der Waals surface area (Å²) in [5.41, 5.74) is 1.33. The van der Waals surface area contributed by atoms with Crippen LogP contribution in [-0.4, -0.2) is 0 Å². The lowest BCUT2D eigenvalue weighted by molar-refractivity contribution is 0.802. The molecule has 0 nitrogen and oxygen atoms in total. The number of rotatable bonds is 7. The van der Waals surface area contributed by atoms with E-state index in [1.807, 2.05) is 12.1 Å². The maximum absolute atomic E-state index is 3.26. The number of hydrogen-bond acceptors (Lipinski definition) is 0. The number of aryl methyl sites for hydroxylation is 1. The van der Waals surface area contributed by atoms with Crippen LogP contribution in [0.3, 0.4) is 0 Å². The van der Waals surface area contributed by atoms with E-state index in [-0.39, 0.29) is 0 Å². The van der Waals surface area contributed by atoms with Gasteiger partial charge in [0.1, 0.15) is 0 Å². The summed E-state index contributed by atoms with van der Waals surface area (Å²) in [6.45, 7) is 2.24. The Morgan fingerprint density at radius 1 is 1.13 bits per heavy atom. The highest BCUT2D eigenvalue weighted by atomic mass is 13.9. The second-order valence-corrected chi connectivity index (χ2v) is 3.89. The second-order valence-electron chi connectivity index (χ2n) is 3.89. The Morgan fingerprint density at radius 3 is 2.60 bits per heavy atom. The maximum Gasteiger partial charge on any atom is -0.0149 e. The molecule has 1 radical (unpaired) electrons. The Labute approximate surface area is 94.0 Å². The summed E-state index contributed by atoms with van der Waals surface area (Å²) >= 11 is 0. The van der Waals surface area contributed by atoms with Crippen molar-refractivity contribution in [2.75, 3.05) is 0 Å². The highest BCUT2D eigenvalue weighted by Crippen LogP contribution is 2.05. The standard InChI is InChI=1S/C15H21/c1-2-3-4-5-6-7-9-12-15-13-10-8-11-14-15/h5-6,8,10-11,13H,2-4,7,9,12H2,1H3. The monoisotopic (exact) mass is 201 g/mol. The molecule has 0 aliphatic heterocycles. The average molecular weight is 201 g/mol. The molecule has 0 N–H and O–H groups in total. The van der Waals surface area contributed by atoms with E-state index in [4.69, 9.17) is 0 Å². The Morgan fingerprint density at radius 2 is 1.93 bits per heavy atom. The zero-order valence-electron chi connectivity index (χ0n) is 9.71. The molecule has 1 rings (SSSR count). The number of hydrogen-bond donors (Lipinski definition) is 0. The van der Waals surface area contributed by atoms with Crippen molar-refractivity contribution in [2.45, 2.75) is 45.4 Å². The van der Waals surface area contributed by atoms with Crippen LogP contribution in [0.1, 0.15) is 44.6 Å². The molecule has 0 aliphatic carbocycles. The van der Waals surface area contributed by atoms with E-state index in [1.165, 1.54) is 37.7 Å². The lowest BCUT2D eigenvalue weighted by atomic mass is 10.1. The molecule has 0 saturated carbocycles. The van der Waals surface area contributed by atoms with E-state index in [1.54, 1.807) is 0 Å². The van der Waals surface area contributed by atoms with Gasteiger partial charge in [0.25, 0.3) is 0 Å². The van der Waals surface area contributed by atoms with E-state index >= 15 is 0 Å². The van der Waals surface area contributed by atoms with Crippen LogP contribution in [0.4, 0.5) is 0 Å². The topological polar surface area (TPSA) is 0 Å². The van der Waals surface area contributed by atoms with Crippen molar-refractivity contribution in [2.24, 2.45) is 0 Å². The number of unbranched alkanes of at least 4 members (excludes halogenated alkanes) is 3.